The van der Waals surface area contributed by atoms with Crippen LogP contribution in [0.15, 0.2) is 48.5 Å². The van der Waals surface area contributed by atoms with E-state index in [4.69, 9.17) is 4.98 Å². The average Bonchev–Trinajstić information content (AvgIpc) is 3.27. The molecule has 4 rings (SSSR count). The van der Waals surface area contributed by atoms with Crippen LogP contribution < -0.4 is 5.32 Å². The van der Waals surface area contributed by atoms with Gasteiger partial charge in [0, 0.05) is 11.3 Å². The van der Waals surface area contributed by atoms with Gasteiger partial charge in [0.2, 0.25) is 5.91 Å². The van der Waals surface area contributed by atoms with Crippen LogP contribution in [0.1, 0.15) is 41.2 Å². The summed E-state index contributed by atoms with van der Waals surface area (Å²) in [5, 5.41) is 4.00. The van der Waals surface area contributed by atoms with Crippen LogP contribution in [-0.4, -0.2) is 34.7 Å². The minimum Gasteiger partial charge on any atom is -0.325 e. The molecule has 0 bridgehead atoms. The Labute approximate surface area is 162 Å². The lowest BCUT2D eigenvalue weighted by Crippen LogP contribution is -2.32. The van der Waals surface area contributed by atoms with E-state index < -0.39 is 0 Å². The molecular weight excluding hydrogens is 358 g/mol. The van der Waals surface area contributed by atoms with Crippen molar-refractivity contribution in [3.63, 3.8) is 0 Å². The summed E-state index contributed by atoms with van der Waals surface area (Å²) in [6.07, 6.45) is 2.08. The Morgan fingerprint density at radius 2 is 2.07 bits per heavy atom. The molecule has 5 nitrogen and oxygen atoms in total. The Bertz CT molecular complexity index is 965. The van der Waals surface area contributed by atoms with Crippen LogP contribution in [0.25, 0.3) is 10.2 Å². The van der Waals surface area contributed by atoms with Gasteiger partial charge in [0.15, 0.2) is 5.78 Å². The molecule has 6 heteroatoms. The lowest BCUT2D eigenvalue weighted by atomic mass is 10.1. The fourth-order valence-electron chi connectivity index (χ4n) is 3.53. The maximum atomic E-state index is 12.5. The number of thiazole rings is 1. The quantitative estimate of drug-likeness (QED) is 0.672. The van der Waals surface area contributed by atoms with Crippen molar-refractivity contribution in [1.29, 1.82) is 0 Å². The first-order chi connectivity index (χ1) is 13.1. The number of amides is 1. The number of nitrogens with zero attached hydrogens (tertiary/aromatic N) is 2. The van der Waals surface area contributed by atoms with Crippen molar-refractivity contribution < 1.29 is 9.59 Å². The van der Waals surface area contributed by atoms with Gasteiger partial charge in [0.05, 0.1) is 22.8 Å². The largest absolute Gasteiger partial charge is 0.325 e. The average molecular weight is 379 g/mol. The molecule has 27 heavy (non-hydrogen) atoms. The minimum absolute atomic E-state index is 0.0125. The van der Waals surface area contributed by atoms with Crippen LogP contribution in [0.3, 0.4) is 0 Å². The van der Waals surface area contributed by atoms with Crippen molar-refractivity contribution in [3.05, 3.63) is 59.1 Å². The van der Waals surface area contributed by atoms with Gasteiger partial charge in [-0.2, -0.15) is 0 Å². The summed E-state index contributed by atoms with van der Waals surface area (Å²) >= 11 is 1.71. The van der Waals surface area contributed by atoms with Crippen LogP contribution in [0.4, 0.5) is 5.69 Å². The van der Waals surface area contributed by atoms with Gasteiger partial charge in [-0.25, -0.2) is 4.98 Å². The van der Waals surface area contributed by atoms with Crippen LogP contribution in [-0.2, 0) is 4.79 Å². The molecule has 2 heterocycles. The number of Topliss-reactive ketones (excluding diaryl/α,β-unsaturated/α-hetero) is 1. The number of hydrogen-bond donors (Lipinski definition) is 1. The second kappa shape index (κ2) is 7.58. The number of hydrogen-bond acceptors (Lipinski definition) is 5. The number of rotatable bonds is 5. The van der Waals surface area contributed by atoms with Gasteiger partial charge in [-0.05, 0) is 50.6 Å². The molecular formula is C21H21N3O2S. The summed E-state index contributed by atoms with van der Waals surface area (Å²) in [7, 11) is 0. The SMILES string of the molecule is CC(=O)c1cccc(NC(=O)CN2CCC[C@H]2c2nc3ccccc3s2)c1. The molecule has 3 aromatic rings. The van der Waals surface area contributed by atoms with E-state index in [1.165, 1.54) is 11.6 Å². The monoisotopic (exact) mass is 379 g/mol. The summed E-state index contributed by atoms with van der Waals surface area (Å²) in [6, 6.07) is 15.4. The summed E-state index contributed by atoms with van der Waals surface area (Å²) in [6.45, 7) is 2.74. The first-order valence-electron chi connectivity index (χ1n) is 9.10. The van der Waals surface area contributed by atoms with Crippen LogP contribution in [0.2, 0.25) is 0 Å². The number of ketones is 1. The smallest absolute Gasteiger partial charge is 0.238 e. The highest BCUT2D eigenvalue weighted by molar-refractivity contribution is 7.18. The molecule has 1 aliphatic heterocycles. The van der Waals surface area contributed by atoms with Gasteiger partial charge >= 0.3 is 0 Å². The third-order valence-electron chi connectivity index (χ3n) is 4.86. The summed E-state index contributed by atoms with van der Waals surface area (Å²) in [4.78, 5) is 31.0. The molecule has 1 saturated heterocycles. The zero-order valence-corrected chi connectivity index (χ0v) is 16.0. The lowest BCUT2D eigenvalue weighted by Gasteiger charge is -2.22. The van der Waals surface area contributed by atoms with Crippen molar-refractivity contribution in [2.75, 3.05) is 18.4 Å². The molecule has 0 saturated carbocycles. The first-order valence-corrected chi connectivity index (χ1v) is 9.92. The van der Waals surface area contributed by atoms with Gasteiger partial charge in [0.25, 0.3) is 0 Å². The van der Waals surface area contributed by atoms with E-state index in [-0.39, 0.29) is 17.7 Å². The molecule has 0 spiro atoms. The minimum atomic E-state index is -0.0660. The molecule has 1 amide bonds. The Morgan fingerprint density at radius 1 is 1.22 bits per heavy atom. The van der Waals surface area contributed by atoms with Crippen LogP contribution >= 0.6 is 11.3 Å². The van der Waals surface area contributed by atoms with Gasteiger partial charge < -0.3 is 5.32 Å². The van der Waals surface area contributed by atoms with Crippen molar-refractivity contribution in [1.82, 2.24) is 9.88 Å². The fourth-order valence-corrected chi connectivity index (χ4v) is 4.67. The van der Waals surface area contributed by atoms with E-state index in [0.717, 1.165) is 29.9 Å². The lowest BCUT2D eigenvalue weighted by molar-refractivity contribution is -0.117. The highest BCUT2D eigenvalue weighted by Crippen LogP contribution is 2.36. The number of carbonyl (C=O) groups excluding carboxylic acids is 2. The van der Waals surface area contributed by atoms with Crippen LogP contribution in [0.5, 0.6) is 0 Å². The molecule has 1 aliphatic rings. The number of anilines is 1. The van der Waals surface area contributed by atoms with Crippen molar-refractivity contribution in [2.24, 2.45) is 0 Å². The normalized spacial score (nSPS) is 17.3. The van der Waals surface area contributed by atoms with Crippen molar-refractivity contribution >= 4 is 38.9 Å². The summed E-state index contributed by atoms with van der Waals surface area (Å²) in [5.74, 6) is -0.0785. The van der Waals surface area contributed by atoms with E-state index in [2.05, 4.69) is 16.3 Å². The number of likely N-dealkylation sites (tertiary alicyclic amines) is 1. The molecule has 0 radical (unpaired) electrons. The van der Waals surface area contributed by atoms with Gasteiger partial charge in [0.1, 0.15) is 5.01 Å². The molecule has 1 N–H and O–H groups in total. The van der Waals surface area contributed by atoms with Gasteiger partial charge in [-0.1, -0.05) is 24.3 Å². The second-order valence-corrected chi connectivity index (χ2v) is 7.90. The Balaban J connectivity index is 1.45. The Hall–Kier alpha value is -2.57. The topological polar surface area (TPSA) is 62.3 Å². The molecule has 1 atom stereocenters. The molecule has 2 aromatic carbocycles. The van der Waals surface area contributed by atoms with E-state index in [1.807, 2.05) is 18.2 Å². The maximum Gasteiger partial charge on any atom is 0.238 e. The first kappa shape index (κ1) is 17.8. The molecule has 1 fully saturated rings. The Kier molecular flexibility index (Phi) is 5.01. The zero-order valence-electron chi connectivity index (χ0n) is 15.1. The third kappa shape index (κ3) is 3.91. The number of aromatic nitrogens is 1. The number of benzene rings is 2. The summed E-state index contributed by atoms with van der Waals surface area (Å²) < 4.78 is 1.19. The highest BCUT2D eigenvalue weighted by Gasteiger charge is 2.30. The number of carbonyl (C=O) groups is 2. The maximum absolute atomic E-state index is 12.5. The predicted octanol–water partition coefficient (Wildman–Crippen LogP) is 4.27. The van der Waals surface area contributed by atoms with E-state index in [1.54, 1.807) is 35.6 Å². The summed E-state index contributed by atoms with van der Waals surface area (Å²) in [5.41, 5.74) is 2.28. The number of para-hydroxylation sites is 1. The van der Waals surface area contributed by atoms with Crippen molar-refractivity contribution in [3.8, 4) is 0 Å². The standard InChI is InChI=1S/C21H21N3O2S/c1-14(25)15-6-4-7-16(12-15)22-20(26)13-24-11-5-9-18(24)21-23-17-8-2-3-10-19(17)27-21/h2-4,6-8,10,12,18H,5,9,11,13H2,1H3,(H,22,26)/t18-/m0/s1. The second-order valence-electron chi connectivity index (χ2n) is 6.83. The van der Waals surface area contributed by atoms with E-state index >= 15 is 0 Å². The molecule has 0 unspecified atom stereocenters. The number of fused-ring (bicyclic) bond motifs is 1. The Morgan fingerprint density at radius 3 is 2.89 bits per heavy atom. The molecule has 1 aromatic heterocycles. The molecule has 138 valence electrons. The van der Waals surface area contributed by atoms with Gasteiger partial charge in [-0.3, -0.25) is 14.5 Å². The van der Waals surface area contributed by atoms with Crippen LogP contribution in [0, 0.1) is 0 Å². The number of nitrogens with one attached hydrogen (secondary N) is 1. The van der Waals surface area contributed by atoms with Crippen molar-refractivity contribution in [2.45, 2.75) is 25.8 Å². The molecule has 0 aliphatic carbocycles. The third-order valence-corrected chi connectivity index (χ3v) is 6.00. The highest BCUT2D eigenvalue weighted by atomic mass is 32.1. The fraction of sp³-hybridized carbons (Fsp3) is 0.286. The zero-order chi connectivity index (χ0) is 18.8. The predicted molar refractivity (Wildman–Crippen MR) is 108 cm³/mol. The van der Waals surface area contributed by atoms with E-state index in [9.17, 15) is 9.59 Å². The van der Waals surface area contributed by atoms with Gasteiger partial charge in [-0.15, -0.1) is 11.3 Å². The van der Waals surface area contributed by atoms with E-state index in [0.29, 0.717) is 17.8 Å².